The summed E-state index contributed by atoms with van der Waals surface area (Å²) in [5, 5.41) is 17.3. The lowest BCUT2D eigenvalue weighted by Crippen LogP contribution is -1.98. The van der Waals surface area contributed by atoms with Crippen molar-refractivity contribution in [3.8, 4) is 5.75 Å². The number of hydrogen-bond acceptors (Lipinski definition) is 3. The summed E-state index contributed by atoms with van der Waals surface area (Å²) in [6.07, 6.45) is 1.16. The largest absolute Gasteiger partial charge is 0.506 e. The Bertz CT molecular complexity index is 300. The fourth-order valence-corrected chi connectivity index (χ4v) is 0.973. The number of aromatic nitrogens is 1. The highest BCUT2D eigenvalue weighted by molar-refractivity contribution is 9.10. The Morgan fingerprint density at radius 3 is 2.73 bits per heavy atom. The summed E-state index contributed by atoms with van der Waals surface area (Å²) in [5.41, 5.74) is -0.0509. The molecule has 0 bridgehead atoms. The molecule has 0 aromatic carbocycles. The molecule has 0 aliphatic heterocycles. The third kappa shape index (κ3) is 1.68. The summed E-state index contributed by atoms with van der Waals surface area (Å²) in [6, 6.07) is 1.12. The Balaban J connectivity index is 3.23. The lowest BCUT2D eigenvalue weighted by molar-refractivity contribution is 0.0695. The predicted octanol–water partition coefficient (Wildman–Crippen LogP) is 1.25. The van der Waals surface area contributed by atoms with Gasteiger partial charge in [-0.05, 0) is 22.0 Å². The average molecular weight is 218 g/mol. The molecule has 0 atom stereocenters. The van der Waals surface area contributed by atoms with E-state index in [1.165, 1.54) is 0 Å². The van der Waals surface area contributed by atoms with Crippen LogP contribution in [0.25, 0.3) is 0 Å². The van der Waals surface area contributed by atoms with E-state index >= 15 is 0 Å². The van der Waals surface area contributed by atoms with Crippen molar-refractivity contribution in [2.75, 3.05) is 0 Å². The molecule has 11 heavy (non-hydrogen) atoms. The van der Waals surface area contributed by atoms with Gasteiger partial charge >= 0.3 is 5.97 Å². The SMILES string of the molecule is O=C(O)c1cc(O)cnc1Br. The van der Waals surface area contributed by atoms with Gasteiger partial charge in [-0.25, -0.2) is 9.78 Å². The van der Waals surface area contributed by atoms with E-state index in [9.17, 15) is 4.79 Å². The molecule has 0 aliphatic carbocycles. The molecule has 0 unspecified atom stereocenters. The second kappa shape index (κ2) is 2.87. The molecule has 0 fully saturated rings. The van der Waals surface area contributed by atoms with Crippen molar-refractivity contribution in [3.05, 3.63) is 22.4 Å². The first-order chi connectivity index (χ1) is 5.11. The summed E-state index contributed by atoms with van der Waals surface area (Å²) >= 11 is 2.93. The highest BCUT2D eigenvalue weighted by Crippen LogP contribution is 2.17. The zero-order valence-corrected chi connectivity index (χ0v) is 6.87. The van der Waals surface area contributed by atoms with E-state index in [-0.39, 0.29) is 15.9 Å². The number of aromatic carboxylic acids is 1. The number of rotatable bonds is 1. The van der Waals surface area contributed by atoms with E-state index in [4.69, 9.17) is 10.2 Å². The molecule has 0 saturated carbocycles. The first-order valence-electron chi connectivity index (χ1n) is 2.69. The van der Waals surface area contributed by atoms with Crippen molar-refractivity contribution in [3.63, 3.8) is 0 Å². The third-order valence-electron chi connectivity index (χ3n) is 1.06. The Labute approximate surface area is 70.6 Å². The minimum Gasteiger partial charge on any atom is -0.506 e. The van der Waals surface area contributed by atoms with Gasteiger partial charge < -0.3 is 10.2 Å². The van der Waals surface area contributed by atoms with E-state index in [0.29, 0.717) is 0 Å². The molecular formula is C6H4BrNO3. The minimum atomic E-state index is -1.12. The Kier molecular flexibility index (Phi) is 2.09. The molecule has 5 heteroatoms. The van der Waals surface area contributed by atoms with Crippen molar-refractivity contribution in [2.24, 2.45) is 0 Å². The zero-order valence-electron chi connectivity index (χ0n) is 5.28. The summed E-state index contributed by atoms with van der Waals surface area (Å²) in [4.78, 5) is 14.0. The second-order valence-corrected chi connectivity index (χ2v) is 2.59. The number of carbonyl (C=O) groups is 1. The van der Waals surface area contributed by atoms with Crippen LogP contribution in [0.15, 0.2) is 16.9 Å². The van der Waals surface area contributed by atoms with Crippen molar-refractivity contribution in [2.45, 2.75) is 0 Å². The Hall–Kier alpha value is -1.10. The van der Waals surface area contributed by atoms with Crippen LogP contribution in [0.1, 0.15) is 10.4 Å². The molecule has 1 rings (SSSR count). The fraction of sp³-hybridized carbons (Fsp3) is 0. The van der Waals surface area contributed by atoms with Crippen molar-refractivity contribution in [1.29, 1.82) is 0 Å². The maximum Gasteiger partial charge on any atom is 0.338 e. The number of carboxylic acids is 1. The van der Waals surface area contributed by atoms with Crippen LogP contribution in [0.2, 0.25) is 0 Å². The fourth-order valence-electron chi connectivity index (χ4n) is 0.587. The number of hydrogen-bond donors (Lipinski definition) is 2. The van der Waals surface area contributed by atoms with Gasteiger partial charge in [-0.3, -0.25) is 0 Å². The molecule has 0 aliphatic rings. The Morgan fingerprint density at radius 2 is 2.27 bits per heavy atom. The van der Waals surface area contributed by atoms with Crippen LogP contribution in [-0.2, 0) is 0 Å². The third-order valence-corrected chi connectivity index (χ3v) is 1.69. The topological polar surface area (TPSA) is 70.4 Å². The summed E-state index contributed by atoms with van der Waals surface area (Å²) in [5.74, 6) is -1.29. The first-order valence-corrected chi connectivity index (χ1v) is 3.48. The zero-order chi connectivity index (χ0) is 8.43. The predicted molar refractivity (Wildman–Crippen MR) is 40.6 cm³/mol. The van der Waals surface area contributed by atoms with Crippen LogP contribution >= 0.6 is 15.9 Å². The van der Waals surface area contributed by atoms with Gasteiger partial charge in [-0.1, -0.05) is 0 Å². The highest BCUT2D eigenvalue weighted by Gasteiger charge is 2.09. The standard InChI is InChI=1S/C6H4BrNO3/c7-5-4(6(10)11)1-3(9)2-8-5/h1-2,9H,(H,10,11). The maximum absolute atomic E-state index is 10.4. The molecule has 0 radical (unpaired) electrons. The van der Waals surface area contributed by atoms with Crippen LogP contribution in [0, 0.1) is 0 Å². The molecule has 0 spiro atoms. The van der Waals surface area contributed by atoms with Crippen LogP contribution in [0.5, 0.6) is 5.75 Å². The summed E-state index contributed by atoms with van der Waals surface area (Å²) < 4.78 is 0.211. The van der Waals surface area contributed by atoms with E-state index in [2.05, 4.69) is 20.9 Å². The smallest absolute Gasteiger partial charge is 0.338 e. The number of aromatic hydroxyl groups is 1. The summed E-state index contributed by atoms with van der Waals surface area (Å²) in [6.45, 7) is 0. The quantitative estimate of drug-likeness (QED) is 0.695. The van der Waals surface area contributed by atoms with Crippen molar-refractivity contribution < 1.29 is 15.0 Å². The lowest BCUT2D eigenvalue weighted by atomic mass is 10.3. The van der Waals surface area contributed by atoms with E-state index in [0.717, 1.165) is 12.3 Å². The van der Waals surface area contributed by atoms with Gasteiger partial charge in [0.15, 0.2) is 0 Å². The number of nitrogens with zero attached hydrogens (tertiary/aromatic N) is 1. The number of pyridine rings is 1. The van der Waals surface area contributed by atoms with Gasteiger partial charge in [-0.15, -0.1) is 0 Å². The van der Waals surface area contributed by atoms with Gasteiger partial charge in [0.1, 0.15) is 10.4 Å². The van der Waals surface area contributed by atoms with Gasteiger partial charge in [0.05, 0.1) is 11.8 Å². The maximum atomic E-state index is 10.4. The van der Waals surface area contributed by atoms with Crippen LogP contribution in [0.3, 0.4) is 0 Å². The molecule has 2 N–H and O–H groups in total. The van der Waals surface area contributed by atoms with Crippen LogP contribution in [0.4, 0.5) is 0 Å². The second-order valence-electron chi connectivity index (χ2n) is 1.84. The molecule has 58 valence electrons. The van der Waals surface area contributed by atoms with Gasteiger partial charge in [-0.2, -0.15) is 0 Å². The molecule has 4 nitrogen and oxygen atoms in total. The van der Waals surface area contributed by atoms with E-state index < -0.39 is 5.97 Å². The first kappa shape index (κ1) is 8.00. The molecule has 0 saturated heterocycles. The van der Waals surface area contributed by atoms with Gasteiger partial charge in [0.2, 0.25) is 0 Å². The normalized spacial score (nSPS) is 9.55. The average Bonchev–Trinajstić information content (AvgIpc) is 1.94. The van der Waals surface area contributed by atoms with Gasteiger partial charge in [0.25, 0.3) is 0 Å². The van der Waals surface area contributed by atoms with Crippen molar-refractivity contribution in [1.82, 2.24) is 4.98 Å². The molecular weight excluding hydrogens is 214 g/mol. The minimum absolute atomic E-state index is 0.0509. The number of carboxylic acid groups (broad SMARTS) is 1. The molecule has 1 aromatic rings. The number of halogens is 1. The highest BCUT2D eigenvalue weighted by atomic mass is 79.9. The van der Waals surface area contributed by atoms with E-state index in [1.54, 1.807) is 0 Å². The van der Waals surface area contributed by atoms with Gasteiger partial charge in [0, 0.05) is 0 Å². The molecule has 1 aromatic heterocycles. The van der Waals surface area contributed by atoms with Crippen molar-refractivity contribution >= 4 is 21.9 Å². The van der Waals surface area contributed by atoms with Crippen LogP contribution in [-0.4, -0.2) is 21.2 Å². The monoisotopic (exact) mass is 217 g/mol. The van der Waals surface area contributed by atoms with Crippen LogP contribution < -0.4 is 0 Å². The summed E-state index contributed by atoms with van der Waals surface area (Å²) in [7, 11) is 0. The van der Waals surface area contributed by atoms with E-state index in [1.807, 2.05) is 0 Å². The Morgan fingerprint density at radius 1 is 1.64 bits per heavy atom. The molecule has 0 amide bonds. The molecule has 1 heterocycles. The lowest BCUT2D eigenvalue weighted by Gasteiger charge is -1.96.